The fourth-order valence-electron chi connectivity index (χ4n) is 1.79. The molecule has 1 amide bonds. The third-order valence-corrected chi connectivity index (χ3v) is 2.88. The number of carbonyl (C=O) groups excluding carboxylic acids is 1. The number of hydrogen-bond acceptors (Lipinski definition) is 3. The van der Waals surface area contributed by atoms with Gasteiger partial charge in [0.25, 0.3) is 0 Å². The first-order chi connectivity index (χ1) is 10.1. The Balaban J connectivity index is 2.46. The molecule has 0 aromatic heterocycles. The highest BCUT2D eigenvalue weighted by Crippen LogP contribution is 2.19. The smallest absolute Gasteiger partial charge is 0.244 e. The molecule has 21 heavy (non-hydrogen) atoms. The Morgan fingerprint density at radius 1 is 1.33 bits per heavy atom. The first-order valence-corrected chi connectivity index (χ1v) is 7.46. The van der Waals surface area contributed by atoms with Crippen LogP contribution in [-0.2, 0) is 4.79 Å². The second-order valence-corrected chi connectivity index (χ2v) is 5.17. The van der Waals surface area contributed by atoms with Crippen molar-refractivity contribution in [2.24, 2.45) is 0 Å². The van der Waals surface area contributed by atoms with Crippen molar-refractivity contribution >= 4 is 12.0 Å². The number of ether oxygens (including phenoxy) is 1. The molecule has 0 aliphatic heterocycles. The van der Waals surface area contributed by atoms with Gasteiger partial charge in [-0.2, -0.15) is 0 Å². The van der Waals surface area contributed by atoms with Gasteiger partial charge in [0.2, 0.25) is 5.91 Å². The Morgan fingerprint density at radius 2 is 2.10 bits per heavy atom. The average molecular weight is 290 g/mol. The summed E-state index contributed by atoms with van der Waals surface area (Å²) in [6, 6.07) is 7.74. The lowest BCUT2D eigenvalue weighted by molar-refractivity contribution is -0.116. The predicted octanol–water partition coefficient (Wildman–Crippen LogP) is 2.56. The molecule has 1 aromatic rings. The molecule has 0 bridgehead atoms. The number of hydrogen-bond donors (Lipinski definition) is 1. The third kappa shape index (κ3) is 7.51. The van der Waals surface area contributed by atoms with Crippen LogP contribution in [0.25, 0.3) is 6.08 Å². The van der Waals surface area contributed by atoms with Gasteiger partial charge in [-0.1, -0.05) is 25.1 Å². The van der Waals surface area contributed by atoms with Crippen molar-refractivity contribution < 1.29 is 9.53 Å². The van der Waals surface area contributed by atoms with E-state index in [9.17, 15) is 4.79 Å². The maximum Gasteiger partial charge on any atom is 0.244 e. The molecular formula is C17H26N2O2. The van der Waals surface area contributed by atoms with Crippen molar-refractivity contribution in [3.8, 4) is 5.75 Å². The molecule has 1 rings (SSSR count). The van der Waals surface area contributed by atoms with Gasteiger partial charge in [0.15, 0.2) is 0 Å². The summed E-state index contributed by atoms with van der Waals surface area (Å²) in [6.07, 6.45) is 5.27. The highest BCUT2D eigenvalue weighted by molar-refractivity contribution is 5.92. The van der Waals surface area contributed by atoms with E-state index in [2.05, 4.69) is 17.1 Å². The van der Waals surface area contributed by atoms with Crippen LogP contribution in [0.5, 0.6) is 5.75 Å². The van der Waals surface area contributed by atoms with Crippen molar-refractivity contribution in [1.29, 1.82) is 0 Å². The predicted molar refractivity (Wildman–Crippen MR) is 87.4 cm³/mol. The topological polar surface area (TPSA) is 41.6 Å². The minimum atomic E-state index is -0.0703. The summed E-state index contributed by atoms with van der Waals surface area (Å²) in [5.74, 6) is 0.745. The van der Waals surface area contributed by atoms with Crippen LogP contribution in [0.3, 0.4) is 0 Å². The van der Waals surface area contributed by atoms with Crippen LogP contribution in [0.1, 0.15) is 25.3 Å². The van der Waals surface area contributed by atoms with E-state index in [-0.39, 0.29) is 5.91 Å². The van der Waals surface area contributed by atoms with Gasteiger partial charge in [-0.05, 0) is 45.6 Å². The van der Waals surface area contributed by atoms with Gasteiger partial charge in [-0.15, -0.1) is 0 Å². The Bertz CT molecular complexity index is 456. The van der Waals surface area contributed by atoms with Gasteiger partial charge in [0, 0.05) is 18.2 Å². The number of para-hydroxylation sites is 1. The van der Waals surface area contributed by atoms with Crippen LogP contribution in [-0.4, -0.2) is 44.6 Å². The number of benzene rings is 1. The molecule has 116 valence electrons. The molecule has 0 radical (unpaired) electrons. The van der Waals surface area contributed by atoms with Crippen LogP contribution in [0.2, 0.25) is 0 Å². The lowest BCUT2D eigenvalue weighted by Gasteiger charge is -2.09. The van der Waals surface area contributed by atoms with Gasteiger partial charge in [-0.3, -0.25) is 4.79 Å². The standard InChI is InChI=1S/C17H26N2O2/c1-4-14-21-16-9-6-5-8-15(16)10-11-17(20)18-12-7-13-19(2)3/h5-6,8-11H,4,7,12-14H2,1-3H3,(H,18,20)/b11-10+. The molecule has 0 saturated carbocycles. The zero-order valence-corrected chi connectivity index (χ0v) is 13.3. The molecule has 1 aromatic carbocycles. The monoisotopic (exact) mass is 290 g/mol. The normalized spacial score (nSPS) is 11.0. The number of rotatable bonds is 9. The molecule has 0 atom stereocenters. The minimum absolute atomic E-state index is 0.0703. The fourth-order valence-corrected chi connectivity index (χ4v) is 1.79. The van der Waals surface area contributed by atoms with Crippen molar-refractivity contribution in [2.75, 3.05) is 33.8 Å². The zero-order valence-electron chi connectivity index (χ0n) is 13.3. The largest absolute Gasteiger partial charge is 0.493 e. The Hall–Kier alpha value is -1.81. The Morgan fingerprint density at radius 3 is 2.81 bits per heavy atom. The lowest BCUT2D eigenvalue weighted by Crippen LogP contribution is -2.25. The fraction of sp³-hybridized carbons (Fsp3) is 0.471. The number of nitrogens with one attached hydrogen (secondary N) is 1. The van der Waals surface area contributed by atoms with Crippen molar-refractivity contribution in [2.45, 2.75) is 19.8 Å². The summed E-state index contributed by atoms with van der Waals surface area (Å²) in [5, 5.41) is 2.88. The molecule has 0 aliphatic rings. The van der Waals surface area contributed by atoms with Gasteiger partial charge in [-0.25, -0.2) is 0 Å². The molecule has 0 aliphatic carbocycles. The molecule has 0 unspecified atom stereocenters. The van der Waals surface area contributed by atoms with E-state index in [1.54, 1.807) is 12.2 Å². The third-order valence-electron chi connectivity index (χ3n) is 2.88. The average Bonchev–Trinajstić information content (AvgIpc) is 2.48. The van der Waals surface area contributed by atoms with Crippen molar-refractivity contribution in [1.82, 2.24) is 10.2 Å². The zero-order chi connectivity index (χ0) is 15.5. The van der Waals surface area contributed by atoms with Crippen LogP contribution in [0, 0.1) is 0 Å². The molecule has 0 spiro atoms. The summed E-state index contributed by atoms with van der Waals surface area (Å²) < 4.78 is 5.66. The summed E-state index contributed by atoms with van der Waals surface area (Å²) in [5.41, 5.74) is 0.925. The number of amides is 1. The van der Waals surface area contributed by atoms with Gasteiger partial charge >= 0.3 is 0 Å². The maximum absolute atomic E-state index is 11.7. The van der Waals surface area contributed by atoms with Crippen molar-refractivity contribution in [3.63, 3.8) is 0 Å². The first-order valence-electron chi connectivity index (χ1n) is 7.46. The Labute approximate surface area is 127 Å². The Kier molecular flexibility index (Phi) is 8.21. The van der Waals surface area contributed by atoms with Crippen LogP contribution >= 0.6 is 0 Å². The summed E-state index contributed by atoms with van der Waals surface area (Å²) in [4.78, 5) is 13.8. The molecule has 4 heteroatoms. The summed E-state index contributed by atoms with van der Waals surface area (Å²) in [6.45, 7) is 4.41. The van der Waals surface area contributed by atoms with Crippen LogP contribution < -0.4 is 10.1 Å². The molecular weight excluding hydrogens is 264 g/mol. The molecule has 0 heterocycles. The van der Waals surface area contributed by atoms with E-state index in [4.69, 9.17) is 4.74 Å². The quantitative estimate of drug-likeness (QED) is 0.561. The first kappa shape index (κ1) is 17.2. The molecule has 1 N–H and O–H groups in total. The van der Waals surface area contributed by atoms with E-state index < -0.39 is 0 Å². The van der Waals surface area contributed by atoms with Crippen LogP contribution in [0.15, 0.2) is 30.3 Å². The van der Waals surface area contributed by atoms with E-state index in [0.717, 1.165) is 30.7 Å². The second-order valence-electron chi connectivity index (χ2n) is 5.17. The highest BCUT2D eigenvalue weighted by Gasteiger charge is 2.00. The molecule has 4 nitrogen and oxygen atoms in total. The minimum Gasteiger partial charge on any atom is -0.493 e. The van der Waals surface area contributed by atoms with Crippen LogP contribution in [0.4, 0.5) is 0 Å². The van der Waals surface area contributed by atoms with Gasteiger partial charge in [0.05, 0.1) is 6.61 Å². The number of carbonyl (C=O) groups is 1. The summed E-state index contributed by atoms with van der Waals surface area (Å²) >= 11 is 0. The molecule has 0 saturated heterocycles. The van der Waals surface area contributed by atoms with E-state index in [1.165, 1.54) is 0 Å². The molecule has 0 fully saturated rings. The summed E-state index contributed by atoms with van der Waals surface area (Å²) in [7, 11) is 4.05. The SMILES string of the molecule is CCCOc1ccccc1/C=C/C(=O)NCCCN(C)C. The maximum atomic E-state index is 11.7. The van der Waals surface area contributed by atoms with Gasteiger partial charge in [0.1, 0.15) is 5.75 Å². The van der Waals surface area contributed by atoms with E-state index in [1.807, 2.05) is 38.4 Å². The van der Waals surface area contributed by atoms with Gasteiger partial charge < -0.3 is 15.0 Å². The lowest BCUT2D eigenvalue weighted by atomic mass is 10.2. The highest BCUT2D eigenvalue weighted by atomic mass is 16.5. The van der Waals surface area contributed by atoms with E-state index in [0.29, 0.717) is 13.2 Å². The van der Waals surface area contributed by atoms with E-state index >= 15 is 0 Å². The van der Waals surface area contributed by atoms with Crippen molar-refractivity contribution in [3.05, 3.63) is 35.9 Å². The number of nitrogens with zero attached hydrogens (tertiary/aromatic N) is 1. The second kappa shape index (κ2) is 10.00.